The zero-order valence-corrected chi connectivity index (χ0v) is 10.6. The van der Waals surface area contributed by atoms with Crippen molar-refractivity contribution < 1.29 is 14.6 Å². The summed E-state index contributed by atoms with van der Waals surface area (Å²) >= 11 is 0. The zero-order valence-electron chi connectivity index (χ0n) is 10.6. The van der Waals surface area contributed by atoms with Gasteiger partial charge in [0.25, 0.3) is 0 Å². The first-order chi connectivity index (χ1) is 9.08. The van der Waals surface area contributed by atoms with E-state index in [2.05, 4.69) is 0 Å². The first-order valence-electron chi connectivity index (χ1n) is 5.94. The summed E-state index contributed by atoms with van der Waals surface area (Å²) in [6.45, 7) is 1.17. The molecule has 0 radical (unpaired) electrons. The molecule has 0 N–H and O–H groups in total. The summed E-state index contributed by atoms with van der Waals surface area (Å²) in [5, 5.41) is 12.1. The van der Waals surface area contributed by atoms with Gasteiger partial charge in [0.2, 0.25) is 0 Å². The molecule has 0 spiro atoms. The van der Waals surface area contributed by atoms with E-state index in [-0.39, 0.29) is 6.54 Å². The first kappa shape index (κ1) is 13.4. The molecule has 1 aromatic carbocycles. The molecule has 0 amide bonds. The third kappa shape index (κ3) is 3.27. The predicted molar refractivity (Wildman–Crippen MR) is 66.8 cm³/mol. The summed E-state index contributed by atoms with van der Waals surface area (Å²) in [4.78, 5) is 29.4. The molecule has 1 aliphatic heterocycles. The molecule has 0 aromatic heterocycles. The van der Waals surface area contributed by atoms with Crippen molar-refractivity contribution in [3.8, 4) is 0 Å². The average molecular weight is 265 g/mol. The number of benzene rings is 1. The van der Waals surface area contributed by atoms with Gasteiger partial charge in [0.1, 0.15) is 0 Å². The molecule has 2 rings (SSSR count). The molecule has 1 fully saturated rings. The van der Waals surface area contributed by atoms with Crippen LogP contribution in [0, 0.1) is 10.1 Å². The maximum absolute atomic E-state index is 11.9. The van der Waals surface area contributed by atoms with E-state index >= 15 is 0 Å². The van der Waals surface area contributed by atoms with Crippen LogP contribution in [-0.2, 0) is 4.84 Å². The largest absolute Gasteiger partial charge is 0.357 e. The summed E-state index contributed by atoms with van der Waals surface area (Å²) in [5.41, 5.74) is 0.378. The number of carbonyl (C=O) groups excluding carboxylic acids is 1. The average Bonchev–Trinajstić information content (AvgIpc) is 2.41. The van der Waals surface area contributed by atoms with Gasteiger partial charge in [0.05, 0.1) is 18.7 Å². The van der Waals surface area contributed by atoms with E-state index in [0.717, 1.165) is 5.06 Å². The summed E-state index contributed by atoms with van der Waals surface area (Å²) in [6, 6.07) is 8.43. The molecule has 1 aromatic rings. The highest BCUT2D eigenvalue weighted by Crippen LogP contribution is 2.12. The number of rotatable bonds is 3. The molecule has 1 aliphatic rings. The lowest BCUT2D eigenvalue weighted by atomic mass is 10.2. The minimum atomic E-state index is -1.02. The van der Waals surface area contributed by atoms with Crippen LogP contribution in [0.5, 0.6) is 0 Å². The van der Waals surface area contributed by atoms with Crippen LogP contribution in [0.15, 0.2) is 30.3 Å². The number of carbonyl (C=O) groups is 1. The Bertz CT molecular complexity index is 465. The molecule has 7 nitrogen and oxygen atoms in total. The van der Waals surface area contributed by atoms with Crippen LogP contribution in [0.25, 0.3) is 0 Å². The number of nitro groups is 1. The molecule has 0 aliphatic carbocycles. The summed E-state index contributed by atoms with van der Waals surface area (Å²) in [6.07, 6.45) is -1.02. The normalized spacial score (nSPS) is 21.0. The Labute approximate surface area is 110 Å². The SMILES string of the molecule is CN1CCN(OC(=O)c2ccccc2)C([N+](=O)[O-])C1. The smallest absolute Gasteiger partial charge is 0.357 e. The van der Waals surface area contributed by atoms with E-state index in [1.54, 1.807) is 37.4 Å². The van der Waals surface area contributed by atoms with Crippen LogP contribution in [0.1, 0.15) is 10.4 Å². The molecule has 19 heavy (non-hydrogen) atoms. The highest BCUT2D eigenvalue weighted by Gasteiger charge is 2.37. The Kier molecular flexibility index (Phi) is 4.08. The van der Waals surface area contributed by atoms with Crippen molar-refractivity contribution >= 4 is 5.97 Å². The fourth-order valence-electron chi connectivity index (χ4n) is 1.89. The number of piperazine rings is 1. The Morgan fingerprint density at radius 1 is 1.37 bits per heavy atom. The molecule has 1 saturated heterocycles. The highest BCUT2D eigenvalue weighted by atomic mass is 16.7. The number of hydrogen-bond donors (Lipinski definition) is 0. The molecule has 1 atom stereocenters. The van der Waals surface area contributed by atoms with Crippen LogP contribution < -0.4 is 0 Å². The Morgan fingerprint density at radius 3 is 2.68 bits per heavy atom. The molecule has 0 saturated carbocycles. The number of hydroxylamine groups is 2. The molecular formula is C12H15N3O4. The van der Waals surface area contributed by atoms with Gasteiger partial charge in [-0.1, -0.05) is 23.3 Å². The van der Waals surface area contributed by atoms with E-state index in [1.165, 1.54) is 0 Å². The lowest BCUT2D eigenvalue weighted by molar-refractivity contribution is -0.575. The van der Waals surface area contributed by atoms with Crippen molar-refractivity contribution in [3.63, 3.8) is 0 Å². The number of hydrogen-bond acceptors (Lipinski definition) is 6. The van der Waals surface area contributed by atoms with Crippen LogP contribution in [0.2, 0.25) is 0 Å². The van der Waals surface area contributed by atoms with Crippen molar-refractivity contribution in [2.75, 3.05) is 26.7 Å². The molecule has 102 valence electrons. The molecular weight excluding hydrogens is 250 g/mol. The van der Waals surface area contributed by atoms with Gasteiger partial charge >= 0.3 is 12.1 Å². The van der Waals surface area contributed by atoms with Gasteiger partial charge in [-0.15, -0.1) is 0 Å². The highest BCUT2D eigenvalue weighted by molar-refractivity contribution is 5.89. The summed E-state index contributed by atoms with van der Waals surface area (Å²) in [7, 11) is 1.80. The van der Waals surface area contributed by atoms with E-state index in [9.17, 15) is 14.9 Å². The molecule has 0 bridgehead atoms. The van der Waals surface area contributed by atoms with Crippen LogP contribution in [-0.4, -0.2) is 53.7 Å². The minimum Gasteiger partial charge on any atom is -0.357 e. The summed E-state index contributed by atoms with van der Waals surface area (Å²) < 4.78 is 0. The van der Waals surface area contributed by atoms with Gasteiger partial charge in [0.15, 0.2) is 0 Å². The van der Waals surface area contributed by atoms with Gasteiger partial charge in [-0.05, 0) is 19.2 Å². The third-order valence-corrected chi connectivity index (χ3v) is 2.96. The van der Waals surface area contributed by atoms with Gasteiger partial charge in [-0.25, -0.2) is 4.79 Å². The zero-order chi connectivity index (χ0) is 13.8. The first-order valence-corrected chi connectivity index (χ1v) is 5.94. The fraction of sp³-hybridized carbons (Fsp3) is 0.417. The summed E-state index contributed by atoms with van der Waals surface area (Å²) in [5.74, 6) is -0.572. The number of likely N-dealkylation sites (N-methyl/N-ethyl adjacent to an activating group) is 1. The second-order valence-corrected chi connectivity index (χ2v) is 4.41. The van der Waals surface area contributed by atoms with Crippen molar-refractivity contribution in [2.24, 2.45) is 0 Å². The Morgan fingerprint density at radius 2 is 2.05 bits per heavy atom. The topological polar surface area (TPSA) is 75.9 Å². The monoisotopic (exact) mass is 265 g/mol. The van der Waals surface area contributed by atoms with Crippen molar-refractivity contribution in [1.29, 1.82) is 0 Å². The molecule has 7 heteroatoms. The van der Waals surface area contributed by atoms with Gasteiger partial charge in [-0.2, -0.15) is 0 Å². The minimum absolute atomic E-state index is 0.231. The fourth-order valence-corrected chi connectivity index (χ4v) is 1.89. The van der Waals surface area contributed by atoms with Gasteiger partial charge in [0, 0.05) is 11.5 Å². The van der Waals surface area contributed by atoms with Gasteiger partial charge < -0.3 is 4.84 Å². The van der Waals surface area contributed by atoms with E-state index < -0.39 is 17.1 Å². The molecule has 1 heterocycles. The van der Waals surface area contributed by atoms with Crippen molar-refractivity contribution in [3.05, 3.63) is 46.0 Å². The van der Waals surface area contributed by atoms with Crippen LogP contribution >= 0.6 is 0 Å². The Balaban J connectivity index is 2.05. The van der Waals surface area contributed by atoms with E-state index in [0.29, 0.717) is 18.7 Å². The standard InChI is InChI=1S/C12H15N3O4/c1-13-7-8-14(11(9-13)15(17)18)19-12(16)10-5-3-2-4-6-10/h2-6,11H,7-9H2,1H3. The van der Waals surface area contributed by atoms with Crippen LogP contribution in [0.4, 0.5) is 0 Å². The third-order valence-electron chi connectivity index (χ3n) is 2.96. The van der Waals surface area contributed by atoms with Crippen molar-refractivity contribution in [2.45, 2.75) is 6.17 Å². The second kappa shape index (κ2) is 5.77. The number of nitrogens with zero attached hydrogens (tertiary/aromatic N) is 3. The second-order valence-electron chi connectivity index (χ2n) is 4.41. The Hall–Kier alpha value is -1.99. The lowest BCUT2D eigenvalue weighted by Crippen LogP contribution is -2.55. The van der Waals surface area contributed by atoms with E-state index in [4.69, 9.17) is 4.84 Å². The maximum atomic E-state index is 11.9. The lowest BCUT2D eigenvalue weighted by Gasteiger charge is -2.32. The van der Waals surface area contributed by atoms with Gasteiger partial charge in [-0.3, -0.25) is 15.0 Å². The van der Waals surface area contributed by atoms with Crippen molar-refractivity contribution in [1.82, 2.24) is 9.96 Å². The molecule has 1 unspecified atom stereocenters. The predicted octanol–water partition coefficient (Wildman–Crippen LogP) is 0.609. The van der Waals surface area contributed by atoms with E-state index in [1.807, 2.05) is 4.90 Å². The quantitative estimate of drug-likeness (QED) is 0.588. The van der Waals surface area contributed by atoms with Crippen LogP contribution in [0.3, 0.4) is 0 Å². The maximum Gasteiger partial charge on any atom is 0.357 e.